The first kappa shape index (κ1) is 23.2. The number of carbonyl (C=O) groups excluding carboxylic acids is 2. The SMILES string of the molecule is Cl.Cn1ccc(NC(=O)/C(=C/[C@H]2CCC(=O)C2)c2ccc(S(C)(=O)=O)c(C3CC3)c2)n1. The Morgan fingerprint density at radius 2 is 1.97 bits per heavy atom. The molecule has 7 nitrogen and oxygen atoms in total. The number of hydrogen-bond acceptors (Lipinski definition) is 5. The molecule has 0 bridgehead atoms. The number of aryl methyl sites for hydroxylation is 1. The molecule has 1 atom stereocenters. The summed E-state index contributed by atoms with van der Waals surface area (Å²) in [6, 6.07) is 6.81. The van der Waals surface area contributed by atoms with Crippen molar-refractivity contribution in [2.24, 2.45) is 13.0 Å². The van der Waals surface area contributed by atoms with Gasteiger partial charge in [0.05, 0.1) is 4.90 Å². The standard InChI is InChI=1S/C22H25N3O4S.ClH/c1-25-10-9-21(24-25)23-22(27)19(12-14-3-7-17(26)11-14)16-6-8-20(30(2,28)29)18(13-16)15-4-5-15;/h6,8-10,12-15H,3-5,7,11H2,1-2H3,(H,23,24,27);1H/b19-12+;/t14-;/m0./s1. The van der Waals surface area contributed by atoms with Gasteiger partial charge in [-0.3, -0.25) is 14.3 Å². The molecule has 1 N–H and O–H groups in total. The lowest BCUT2D eigenvalue weighted by atomic mass is 9.95. The molecule has 31 heavy (non-hydrogen) atoms. The van der Waals surface area contributed by atoms with Crippen LogP contribution in [0.5, 0.6) is 0 Å². The fourth-order valence-corrected chi connectivity index (χ4v) is 4.93. The second-order valence-corrected chi connectivity index (χ2v) is 10.2. The van der Waals surface area contributed by atoms with E-state index in [1.165, 1.54) is 6.26 Å². The molecular formula is C22H26ClN3O4S. The monoisotopic (exact) mass is 463 g/mol. The van der Waals surface area contributed by atoms with Crippen molar-refractivity contribution < 1.29 is 18.0 Å². The highest BCUT2D eigenvalue weighted by atomic mass is 35.5. The van der Waals surface area contributed by atoms with Crippen LogP contribution in [0.4, 0.5) is 5.82 Å². The largest absolute Gasteiger partial charge is 0.305 e. The van der Waals surface area contributed by atoms with Crippen molar-refractivity contribution >= 4 is 45.3 Å². The molecule has 2 saturated carbocycles. The van der Waals surface area contributed by atoms with Crippen LogP contribution in [0.15, 0.2) is 41.4 Å². The van der Waals surface area contributed by atoms with Gasteiger partial charge >= 0.3 is 0 Å². The second-order valence-electron chi connectivity index (χ2n) is 8.25. The maximum atomic E-state index is 13.1. The minimum atomic E-state index is -3.35. The number of nitrogens with one attached hydrogen (secondary N) is 1. The Bertz CT molecular complexity index is 1150. The number of nitrogens with zero attached hydrogens (tertiary/aromatic N) is 2. The molecule has 2 aliphatic rings. The van der Waals surface area contributed by atoms with Crippen molar-refractivity contribution in [3.05, 3.63) is 47.7 Å². The topological polar surface area (TPSA) is 98.1 Å². The highest BCUT2D eigenvalue weighted by molar-refractivity contribution is 7.90. The molecule has 4 rings (SSSR count). The smallest absolute Gasteiger partial charge is 0.257 e. The highest BCUT2D eigenvalue weighted by Crippen LogP contribution is 2.44. The predicted octanol–water partition coefficient (Wildman–Crippen LogP) is 3.51. The lowest BCUT2D eigenvalue weighted by Crippen LogP contribution is -2.16. The summed E-state index contributed by atoms with van der Waals surface area (Å²) in [5.41, 5.74) is 1.88. The number of rotatable bonds is 6. The Morgan fingerprint density at radius 3 is 2.52 bits per heavy atom. The van der Waals surface area contributed by atoms with Gasteiger partial charge < -0.3 is 5.32 Å². The Labute approximate surface area is 188 Å². The zero-order chi connectivity index (χ0) is 21.5. The third-order valence-electron chi connectivity index (χ3n) is 5.62. The van der Waals surface area contributed by atoms with Gasteiger partial charge in [-0.2, -0.15) is 5.10 Å². The van der Waals surface area contributed by atoms with Crippen LogP contribution in [-0.2, 0) is 26.5 Å². The number of carbonyl (C=O) groups is 2. The highest BCUT2D eigenvalue weighted by Gasteiger charge is 2.30. The van der Waals surface area contributed by atoms with E-state index in [2.05, 4.69) is 10.4 Å². The number of anilines is 1. The average molecular weight is 464 g/mol. The molecule has 2 aliphatic carbocycles. The molecule has 1 aromatic carbocycles. The molecule has 0 aliphatic heterocycles. The number of sulfone groups is 1. The number of benzene rings is 1. The number of hydrogen-bond donors (Lipinski definition) is 1. The minimum Gasteiger partial charge on any atom is -0.305 e. The van der Waals surface area contributed by atoms with E-state index < -0.39 is 9.84 Å². The molecular weight excluding hydrogens is 438 g/mol. The summed E-state index contributed by atoms with van der Waals surface area (Å²) in [5.74, 6) is 0.531. The summed E-state index contributed by atoms with van der Waals surface area (Å²) in [7, 11) is -1.59. The first-order valence-electron chi connectivity index (χ1n) is 10.1. The summed E-state index contributed by atoms with van der Waals surface area (Å²) in [6.07, 6.45) is 8.37. The molecule has 1 amide bonds. The van der Waals surface area contributed by atoms with Gasteiger partial charge in [0.1, 0.15) is 5.78 Å². The second kappa shape index (κ2) is 8.96. The van der Waals surface area contributed by atoms with Crippen molar-refractivity contribution in [3.63, 3.8) is 0 Å². The van der Waals surface area contributed by atoms with E-state index in [1.54, 1.807) is 36.1 Å². The number of allylic oxidation sites excluding steroid dienone is 1. The zero-order valence-electron chi connectivity index (χ0n) is 17.5. The molecule has 2 fully saturated rings. The number of ketones is 1. The van der Waals surface area contributed by atoms with Gasteiger partial charge in [-0.25, -0.2) is 8.42 Å². The fourth-order valence-electron chi connectivity index (χ4n) is 3.96. The van der Waals surface area contributed by atoms with Crippen molar-refractivity contribution in [3.8, 4) is 0 Å². The van der Waals surface area contributed by atoms with Crippen LogP contribution in [-0.4, -0.2) is 36.1 Å². The van der Waals surface area contributed by atoms with Gasteiger partial charge in [-0.15, -0.1) is 12.4 Å². The first-order chi connectivity index (χ1) is 14.2. The van der Waals surface area contributed by atoms with Crippen LogP contribution in [0.1, 0.15) is 49.1 Å². The normalized spacial score (nSPS) is 19.2. The number of halogens is 1. The number of aromatic nitrogens is 2. The van der Waals surface area contributed by atoms with Crippen LogP contribution in [0.3, 0.4) is 0 Å². The van der Waals surface area contributed by atoms with Gasteiger partial charge in [-0.05, 0) is 54.4 Å². The average Bonchev–Trinajstić information content (AvgIpc) is 3.33. The zero-order valence-corrected chi connectivity index (χ0v) is 19.1. The summed E-state index contributed by atoms with van der Waals surface area (Å²) in [5, 5.41) is 7.01. The minimum absolute atomic E-state index is 0. The molecule has 1 aromatic heterocycles. The Balaban J connectivity index is 0.00000272. The van der Waals surface area contributed by atoms with Crippen LogP contribution in [0.2, 0.25) is 0 Å². The maximum absolute atomic E-state index is 13.1. The van der Waals surface area contributed by atoms with Crippen LogP contribution in [0, 0.1) is 5.92 Å². The van der Waals surface area contributed by atoms with E-state index in [-0.39, 0.29) is 35.9 Å². The van der Waals surface area contributed by atoms with E-state index >= 15 is 0 Å². The Hall–Kier alpha value is -2.45. The van der Waals surface area contributed by atoms with Gasteiger partial charge in [0.25, 0.3) is 5.91 Å². The molecule has 0 radical (unpaired) electrons. The summed E-state index contributed by atoms with van der Waals surface area (Å²) in [4.78, 5) is 25.2. The van der Waals surface area contributed by atoms with Crippen LogP contribution < -0.4 is 5.32 Å². The lowest BCUT2D eigenvalue weighted by molar-refractivity contribution is -0.117. The van der Waals surface area contributed by atoms with Gasteiger partial charge in [0, 0.05) is 44.0 Å². The number of amides is 1. The Morgan fingerprint density at radius 1 is 1.23 bits per heavy atom. The molecule has 166 valence electrons. The fraction of sp³-hybridized carbons (Fsp3) is 0.409. The molecule has 2 aromatic rings. The maximum Gasteiger partial charge on any atom is 0.257 e. The van der Waals surface area contributed by atoms with E-state index in [0.29, 0.717) is 34.7 Å². The van der Waals surface area contributed by atoms with Crippen molar-refractivity contribution in [1.82, 2.24) is 9.78 Å². The summed E-state index contributed by atoms with van der Waals surface area (Å²) < 4.78 is 26.0. The van der Waals surface area contributed by atoms with E-state index in [1.807, 2.05) is 12.1 Å². The lowest BCUT2D eigenvalue weighted by Gasteiger charge is -2.14. The van der Waals surface area contributed by atoms with Gasteiger partial charge in [0.15, 0.2) is 15.7 Å². The molecule has 1 heterocycles. The van der Waals surface area contributed by atoms with E-state index in [4.69, 9.17) is 0 Å². The first-order valence-corrected chi connectivity index (χ1v) is 12.0. The van der Waals surface area contributed by atoms with Gasteiger partial charge in [-0.1, -0.05) is 12.1 Å². The van der Waals surface area contributed by atoms with Crippen molar-refractivity contribution in [2.75, 3.05) is 11.6 Å². The number of Topliss-reactive ketones (excluding diaryl/α,β-unsaturated/α-hetero) is 1. The van der Waals surface area contributed by atoms with Crippen LogP contribution >= 0.6 is 12.4 Å². The van der Waals surface area contributed by atoms with E-state index in [0.717, 1.165) is 24.8 Å². The molecule has 0 saturated heterocycles. The third kappa shape index (κ3) is 5.43. The van der Waals surface area contributed by atoms with Crippen LogP contribution in [0.25, 0.3) is 5.57 Å². The third-order valence-corrected chi connectivity index (χ3v) is 6.79. The summed E-state index contributed by atoms with van der Waals surface area (Å²) >= 11 is 0. The van der Waals surface area contributed by atoms with Crippen molar-refractivity contribution in [1.29, 1.82) is 0 Å². The van der Waals surface area contributed by atoms with E-state index in [9.17, 15) is 18.0 Å². The molecule has 0 spiro atoms. The molecule has 9 heteroatoms. The molecule has 0 unspecified atom stereocenters. The quantitative estimate of drug-likeness (QED) is 0.661. The van der Waals surface area contributed by atoms with Gasteiger partial charge in [0.2, 0.25) is 0 Å². The van der Waals surface area contributed by atoms with Crippen molar-refractivity contribution in [2.45, 2.75) is 42.9 Å². The summed E-state index contributed by atoms with van der Waals surface area (Å²) in [6.45, 7) is 0. The predicted molar refractivity (Wildman–Crippen MR) is 121 cm³/mol. The Kier molecular flexibility index (Phi) is 6.71.